The molecule has 0 aliphatic carbocycles. The number of nitrogens with one attached hydrogen (secondary N) is 1. The molecule has 1 aromatic rings. The van der Waals surface area contributed by atoms with Crippen LogP contribution in [0.4, 0.5) is 0 Å². The largest absolute Gasteiger partial charge is 0.351 e. The minimum Gasteiger partial charge on any atom is -0.351 e. The molecule has 1 aromatic carbocycles. The van der Waals surface area contributed by atoms with Crippen molar-refractivity contribution in [3.05, 3.63) is 32.7 Å². The standard InChI is InChI=1S/C11H13Br2NO2S/c1-2-17(16)4-3-14-11(15)8-5-9(12)7-10(13)6-8/h5-7H,2-4H2,1H3,(H,14,15). The molecule has 0 heterocycles. The number of rotatable bonds is 5. The summed E-state index contributed by atoms with van der Waals surface area (Å²) >= 11 is 6.65. The van der Waals surface area contributed by atoms with Crippen molar-refractivity contribution in [3.63, 3.8) is 0 Å². The maximum Gasteiger partial charge on any atom is 0.251 e. The van der Waals surface area contributed by atoms with Gasteiger partial charge in [0.05, 0.1) is 0 Å². The molecule has 1 amide bonds. The zero-order chi connectivity index (χ0) is 12.8. The highest BCUT2D eigenvalue weighted by Gasteiger charge is 2.07. The van der Waals surface area contributed by atoms with Gasteiger partial charge in [-0.15, -0.1) is 0 Å². The van der Waals surface area contributed by atoms with Gasteiger partial charge >= 0.3 is 0 Å². The summed E-state index contributed by atoms with van der Waals surface area (Å²) in [5, 5.41) is 2.74. The Hall–Kier alpha value is -0.200. The van der Waals surface area contributed by atoms with Crippen molar-refractivity contribution in [3.8, 4) is 0 Å². The van der Waals surface area contributed by atoms with E-state index in [1.807, 2.05) is 13.0 Å². The number of hydrogen-bond acceptors (Lipinski definition) is 2. The van der Waals surface area contributed by atoms with E-state index in [0.717, 1.165) is 8.95 Å². The van der Waals surface area contributed by atoms with Crippen LogP contribution in [-0.4, -0.2) is 28.2 Å². The summed E-state index contributed by atoms with van der Waals surface area (Å²) in [4.78, 5) is 11.8. The quantitative estimate of drug-likeness (QED) is 0.850. The molecule has 17 heavy (non-hydrogen) atoms. The Bertz CT molecular complexity index is 417. The molecular weight excluding hydrogens is 370 g/mol. The van der Waals surface area contributed by atoms with Gasteiger partial charge in [0.2, 0.25) is 0 Å². The van der Waals surface area contributed by atoms with Crippen LogP contribution in [0.3, 0.4) is 0 Å². The van der Waals surface area contributed by atoms with Crippen LogP contribution in [0.5, 0.6) is 0 Å². The lowest BCUT2D eigenvalue weighted by molar-refractivity contribution is 0.0956. The Labute approximate surface area is 120 Å². The van der Waals surface area contributed by atoms with Crippen LogP contribution in [0.15, 0.2) is 27.1 Å². The minimum absolute atomic E-state index is 0.153. The Morgan fingerprint density at radius 3 is 2.41 bits per heavy atom. The molecule has 3 nitrogen and oxygen atoms in total. The highest BCUT2D eigenvalue weighted by Crippen LogP contribution is 2.19. The van der Waals surface area contributed by atoms with Crippen LogP contribution in [0.1, 0.15) is 17.3 Å². The molecule has 0 radical (unpaired) electrons. The molecule has 0 saturated heterocycles. The topological polar surface area (TPSA) is 46.2 Å². The van der Waals surface area contributed by atoms with Gasteiger partial charge in [0.25, 0.3) is 5.91 Å². The summed E-state index contributed by atoms with van der Waals surface area (Å²) < 4.78 is 12.9. The summed E-state index contributed by atoms with van der Waals surface area (Å²) in [5.41, 5.74) is 0.577. The number of amides is 1. The van der Waals surface area contributed by atoms with Gasteiger partial charge in [-0.3, -0.25) is 9.00 Å². The van der Waals surface area contributed by atoms with E-state index in [0.29, 0.717) is 23.6 Å². The summed E-state index contributed by atoms with van der Waals surface area (Å²) in [6.07, 6.45) is 0. The zero-order valence-electron chi connectivity index (χ0n) is 9.33. The van der Waals surface area contributed by atoms with Gasteiger partial charge in [0.1, 0.15) is 0 Å². The van der Waals surface area contributed by atoms with E-state index in [1.165, 1.54) is 0 Å². The lowest BCUT2D eigenvalue weighted by Gasteiger charge is -2.05. The SMILES string of the molecule is CCS(=O)CCNC(=O)c1cc(Br)cc(Br)c1. The maximum absolute atomic E-state index is 11.8. The first kappa shape index (κ1) is 14.9. The minimum atomic E-state index is -0.842. The second kappa shape index (κ2) is 7.28. The predicted molar refractivity (Wildman–Crippen MR) is 77.7 cm³/mol. The molecule has 0 aromatic heterocycles. The van der Waals surface area contributed by atoms with Crippen molar-refractivity contribution >= 4 is 48.6 Å². The van der Waals surface area contributed by atoms with Gasteiger partial charge in [-0.1, -0.05) is 38.8 Å². The van der Waals surface area contributed by atoms with Crippen molar-refractivity contribution < 1.29 is 9.00 Å². The van der Waals surface area contributed by atoms with Crippen LogP contribution >= 0.6 is 31.9 Å². The van der Waals surface area contributed by atoms with E-state index < -0.39 is 10.8 Å². The van der Waals surface area contributed by atoms with E-state index in [9.17, 15) is 9.00 Å². The van der Waals surface area contributed by atoms with E-state index in [1.54, 1.807) is 12.1 Å². The molecule has 0 bridgehead atoms. The van der Waals surface area contributed by atoms with E-state index >= 15 is 0 Å². The summed E-state index contributed by atoms with van der Waals surface area (Å²) in [7, 11) is -0.842. The third kappa shape index (κ3) is 5.31. The predicted octanol–water partition coefficient (Wildman–Crippen LogP) is 2.71. The molecule has 1 rings (SSSR count). The smallest absolute Gasteiger partial charge is 0.251 e. The third-order valence-corrected chi connectivity index (χ3v) is 4.28. The van der Waals surface area contributed by atoms with E-state index in [2.05, 4.69) is 37.2 Å². The summed E-state index contributed by atoms with van der Waals surface area (Å²) in [6.45, 7) is 2.30. The van der Waals surface area contributed by atoms with E-state index in [4.69, 9.17) is 0 Å². The lowest BCUT2D eigenvalue weighted by atomic mass is 10.2. The molecule has 0 aliphatic heterocycles. The van der Waals surface area contributed by atoms with Gasteiger partial charge in [0.15, 0.2) is 0 Å². The van der Waals surface area contributed by atoms with Crippen LogP contribution in [0, 0.1) is 0 Å². The first-order valence-corrected chi connectivity index (χ1v) is 8.19. The molecule has 6 heteroatoms. The molecule has 94 valence electrons. The van der Waals surface area contributed by atoms with Gasteiger partial charge in [-0.2, -0.15) is 0 Å². The van der Waals surface area contributed by atoms with Crippen LogP contribution < -0.4 is 5.32 Å². The Morgan fingerprint density at radius 2 is 1.88 bits per heavy atom. The molecule has 0 aliphatic rings. The first-order chi connectivity index (χ1) is 8.02. The van der Waals surface area contributed by atoms with Crippen molar-refractivity contribution in [2.45, 2.75) is 6.92 Å². The number of hydrogen-bond donors (Lipinski definition) is 1. The van der Waals surface area contributed by atoms with Crippen LogP contribution in [0.2, 0.25) is 0 Å². The molecule has 0 saturated carbocycles. The average Bonchev–Trinajstić information content (AvgIpc) is 2.27. The molecule has 0 spiro atoms. The Morgan fingerprint density at radius 1 is 1.29 bits per heavy atom. The van der Waals surface area contributed by atoms with Gasteiger partial charge in [0, 0.05) is 43.4 Å². The second-order valence-corrected chi connectivity index (χ2v) is 7.04. The first-order valence-electron chi connectivity index (χ1n) is 5.12. The summed E-state index contributed by atoms with van der Waals surface area (Å²) in [5.74, 6) is 0.968. The number of halogens is 2. The number of benzene rings is 1. The van der Waals surface area contributed by atoms with Gasteiger partial charge in [-0.05, 0) is 18.2 Å². The zero-order valence-corrected chi connectivity index (χ0v) is 13.3. The maximum atomic E-state index is 11.8. The van der Waals surface area contributed by atoms with Crippen molar-refractivity contribution in [1.29, 1.82) is 0 Å². The summed E-state index contributed by atoms with van der Waals surface area (Å²) in [6, 6.07) is 5.36. The van der Waals surface area contributed by atoms with Crippen molar-refractivity contribution in [1.82, 2.24) is 5.32 Å². The molecule has 1 unspecified atom stereocenters. The molecule has 0 fully saturated rings. The lowest BCUT2D eigenvalue weighted by Crippen LogP contribution is -2.28. The van der Waals surface area contributed by atoms with Crippen LogP contribution in [-0.2, 0) is 10.8 Å². The molecule has 1 N–H and O–H groups in total. The third-order valence-electron chi connectivity index (χ3n) is 2.06. The fourth-order valence-corrected chi connectivity index (χ4v) is 3.12. The molecule has 1 atom stereocenters. The second-order valence-electron chi connectivity index (χ2n) is 3.35. The fourth-order valence-electron chi connectivity index (χ4n) is 1.21. The highest BCUT2D eigenvalue weighted by molar-refractivity contribution is 9.11. The van der Waals surface area contributed by atoms with E-state index in [-0.39, 0.29) is 5.91 Å². The molecular formula is C11H13Br2NO2S. The Kier molecular flexibility index (Phi) is 6.37. The number of carbonyl (C=O) groups is 1. The highest BCUT2D eigenvalue weighted by atomic mass is 79.9. The Balaban J connectivity index is 2.55. The van der Waals surface area contributed by atoms with Crippen molar-refractivity contribution in [2.75, 3.05) is 18.1 Å². The normalized spacial score (nSPS) is 12.2. The number of carbonyl (C=O) groups excluding carboxylic acids is 1. The van der Waals surface area contributed by atoms with Gasteiger partial charge < -0.3 is 5.32 Å². The van der Waals surface area contributed by atoms with Gasteiger partial charge in [-0.25, -0.2) is 0 Å². The average molecular weight is 383 g/mol. The van der Waals surface area contributed by atoms with Crippen molar-refractivity contribution in [2.24, 2.45) is 0 Å². The monoisotopic (exact) mass is 381 g/mol. The fraction of sp³-hybridized carbons (Fsp3) is 0.364. The van der Waals surface area contributed by atoms with Crippen LogP contribution in [0.25, 0.3) is 0 Å².